The third kappa shape index (κ3) is 2.36. The Bertz CT molecular complexity index is 507. The predicted molar refractivity (Wildman–Crippen MR) is 66.1 cm³/mol. The van der Waals surface area contributed by atoms with Crippen LogP contribution in [0.4, 0.5) is 13.2 Å². The lowest BCUT2D eigenvalue weighted by atomic mass is 9.86. The summed E-state index contributed by atoms with van der Waals surface area (Å²) in [5.41, 5.74) is 1.48. The minimum absolute atomic E-state index is 0.0620. The zero-order valence-electron chi connectivity index (χ0n) is 9.12. The summed E-state index contributed by atoms with van der Waals surface area (Å²) in [7, 11) is 0. The van der Waals surface area contributed by atoms with E-state index < -0.39 is 12.1 Å². The number of H-pyrrole nitrogens is 1. The van der Waals surface area contributed by atoms with Crippen LogP contribution in [-0.2, 0) is 12.8 Å². The molecule has 0 aliphatic heterocycles. The Hall–Kier alpha value is -0.530. The fraction of sp³-hybridized carbons (Fsp3) is 0.545. The van der Waals surface area contributed by atoms with Gasteiger partial charge in [0, 0.05) is 17.0 Å². The summed E-state index contributed by atoms with van der Waals surface area (Å²) in [6, 6.07) is 0. The van der Waals surface area contributed by atoms with E-state index in [2.05, 4.69) is 4.98 Å². The Morgan fingerprint density at radius 3 is 2.65 bits per heavy atom. The largest absolute Gasteiger partial charge is 0.392 e. The highest BCUT2D eigenvalue weighted by Gasteiger charge is 2.42. The van der Waals surface area contributed by atoms with Crippen molar-refractivity contribution < 1.29 is 13.2 Å². The maximum absolute atomic E-state index is 12.6. The van der Waals surface area contributed by atoms with Gasteiger partial charge in [-0.25, -0.2) is 0 Å². The molecule has 1 aliphatic carbocycles. The lowest BCUT2D eigenvalue weighted by molar-refractivity contribution is -0.177. The molecule has 0 spiro atoms. The smallest absolute Gasteiger partial charge is 0.361 e. The molecule has 2 nitrogen and oxygen atoms in total. The van der Waals surface area contributed by atoms with Crippen LogP contribution in [-0.4, -0.2) is 11.2 Å². The van der Waals surface area contributed by atoms with Crippen molar-refractivity contribution in [3.05, 3.63) is 30.7 Å². The topological polar surface area (TPSA) is 32.9 Å². The lowest BCUT2D eigenvalue weighted by Crippen LogP contribution is -2.33. The van der Waals surface area contributed by atoms with Crippen LogP contribution in [0.2, 0.25) is 0 Å². The van der Waals surface area contributed by atoms with Gasteiger partial charge in [0.05, 0.1) is 9.49 Å². The number of pyridine rings is 1. The SMILES string of the molecule is Cc1[nH]c2c(c(=O)c1I)CC(C(F)(F)F)CC2. The highest BCUT2D eigenvalue weighted by atomic mass is 127. The number of fused-ring (bicyclic) bond motifs is 1. The molecule has 0 aromatic carbocycles. The van der Waals surface area contributed by atoms with Crippen LogP contribution < -0.4 is 5.43 Å². The summed E-state index contributed by atoms with van der Waals surface area (Å²) in [5, 5.41) is 0. The number of hydrogen-bond acceptors (Lipinski definition) is 1. The fourth-order valence-corrected chi connectivity index (χ4v) is 2.63. The zero-order valence-corrected chi connectivity index (χ0v) is 11.3. The van der Waals surface area contributed by atoms with Crippen molar-refractivity contribution in [3.63, 3.8) is 0 Å². The molecule has 1 aromatic heterocycles. The van der Waals surface area contributed by atoms with Crippen LogP contribution in [0.3, 0.4) is 0 Å². The van der Waals surface area contributed by atoms with Gasteiger partial charge < -0.3 is 4.98 Å². The van der Waals surface area contributed by atoms with Crippen molar-refractivity contribution in [1.82, 2.24) is 4.98 Å². The van der Waals surface area contributed by atoms with Gasteiger partial charge in [-0.15, -0.1) is 0 Å². The second kappa shape index (κ2) is 4.29. The third-order valence-electron chi connectivity index (χ3n) is 3.16. The quantitative estimate of drug-likeness (QED) is 0.712. The maximum atomic E-state index is 12.6. The van der Waals surface area contributed by atoms with E-state index in [0.717, 1.165) is 5.69 Å². The molecule has 0 saturated carbocycles. The molecule has 94 valence electrons. The molecule has 0 amide bonds. The van der Waals surface area contributed by atoms with Gasteiger partial charge in [-0.05, 0) is 48.8 Å². The number of aromatic amines is 1. The van der Waals surface area contributed by atoms with Crippen LogP contribution in [0.15, 0.2) is 4.79 Å². The molecule has 0 bridgehead atoms. The van der Waals surface area contributed by atoms with Crippen LogP contribution in [0, 0.1) is 16.4 Å². The highest BCUT2D eigenvalue weighted by molar-refractivity contribution is 14.1. The minimum Gasteiger partial charge on any atom is -0.361 e. The Morgan fingerprint density at radius 1 is 1.41 bits per heavy atom. The molecule has 1 heterocycles. The second-order valence-electron chi connectivity index (χ2n) is 4.33. The molecule has 1 N–H and O–H groups in total. The summed E-state index contributed by atoms with van der Waals surface area (Å²) in [6.45, 7) is 1.76. The summed E-state index contributed by atoms with van der Waals surface area (Å²) >= 11 is 1.88. The molecule has 6 heteroatoms. The Labute approximate surface area is 110 Å². The van der Waals surface area contributed by atoms with Crippen molar-refractivity contribution >= 4 is 22.6 Å². The number of halogens is 4. The van der Waals surface area contributed by atoms with E-state index in [1.54, 1.807) is 6.92 Å². The van der Waals surface area contributed by atoms with Gasteiger partial charge in [0.15, 0.2) is 5.43 Å². The van der Waals surface area contributed by atoms with Gasteiger partial charge >= 0.3 is 6.18 Å². The van der Waals surface area contributed by atoms with E-state index in [1.807, 2.05) is 22.6 Å². The molecule has 17 heavy (non-hydrogen) atoms. The first kappa shape index (κ1) is 12.9. The monoisotopic (exact) mass is 357 g/mol. The van der Waals surface area contributed by atoms with Crippen LogP contribution in [0.1, 0.15) is 23.4 Å². The number of aromatic nitrogens is 1. The second-order valence-corrected chi connectivity index (χ2v) is 5.41. The predicted octanol–water partition coefficient (Wildman–Crippen LogP) is 2.96. The van der Waals surface area contributed by atoms with E-state index >= 15 is 0 Å². The Kier molecular flexibility index (Phi) is 3.26. The zero-order chi connectivity index (χ0) is 12.8. The first-order chi connectivity index (χ1) is 7.80. The van der Waals surface area contributed by atoms with Crippen LogP contribution in [0.25, 0.3) is 0 Å². The van der Waals surface area contributed by atoms with Gasteiger partial charge in [-0.2, -0.15) is 13.2 Å². The molecule has 1 aromatic rings. The highest BCUT2D eigenvalue weighted by Crippen LogP contribution is 2.35. The molecule has 1 atom stereocenters. The van der Waals surface area contributed by atoms with Crippen LogP contribution in [0.5, 0.6) is 0 Å². The van der Waals surface area contributed by atoms with Gasteiger partial charge in [0.1, 0.15) is 0 Å². The molecular formula is C11H11F3INO. The average molecular weight is 357 g/mol. The molecule has 0 radical (unpaired) electrons. The summed E-state index contributed by atoms with van der Waals surface area (Å²) in [4.78, 5) is 14.9. The standard InChI is InChI=1S/C11H11F3INO/c1-5-9(15)10(17)7-4-6(11(12,13)14)2-3-8(7)16-5/h6H,2-4H2,1H3,(H,16,17). The molecule has 1 aliphatic rings. The summed E-state index contributed by atoms with van der Waals surface area (Å²) < 4.78 is 38.4. The molecular weight excluding hydrogens is 346 g/mol. The van der Waals surface area contributed by atoms with Gasteiger partial charge in [0.25, 0.3) is 0 Å². The third-order valence-corrected chi connectivity index (χ3v) is 4.46. The van der Waals surface area contributed by atoms with Crippen molar-refractivity contribution in [1.29, 1.82) is 0 Å². The van der Waals surface area contributed by atoms with Gasteiger partial charge in [-0.3, -0.25) is 4.79 Å². The first-order valence-corrected chi connectivity index (χ1v) is 6.35. The number of rotatable bonds is 0. The average Bonchev–Trinajstić information content (AvgIpc) is 2.24. The van der Waals surface area contributed by atoms with E-state index in [0.29, 0.717) is 21.2 Å². The van der Waals surface area contributed by atoms with Gasteiger partial charge in [-0.1, -0.05) is 0 Å². The summed E-state index contributed by atoms with van der Waals surface area (Å²) in [6.07, 6.45) is -4.04. The van der Waals surface area contributed by atoms with Crippen molar-refractivity contribution in [2.75, 3.05) is 0 Å². The lowest BCUT2D eigenvalue weighted by Gasteiger charge is -2.26. The fourth-order valence-electron chi connectivity index (χ4n) is 2.17. The van der Waals surface area contributed by atoms with Crippen molar-refractivity contribution in [2.45, 2.75) is 32.4 Å². The summed E-state index contributed by atoms with van der Waals surface area (Å²) in [5.74, 6) is -1.38. The van der Waals surface area contributed by atoms with E-state index in [-0.39, 0.29) is 18.3 Å². The molecule has 1 unspecified atom stereocenters. The first-order valence-electron chi connectivity index (χ1n) is 5.27. The van der Waals surface area contributed by atoms with Crippen molar-refractivity contribution in [2.24, 2.45) is 5.92 Å². The Morgan fingerprint density at radius 2 is 2.06 bits per heavy atom. The van der Waals surface area contributed by atoms with E-state index in [1.165, 1.54) is 0 Å². The van der Waals surface area contributed by atoms with Crippen LogP contribution >= 0.6 is 22.6 Å². The Balaban J connectivity index is 2.45. The number of hydrogen-bond donors (Lipinski definition) is 1. The van der Waals surface area contributed by atoms with E-state index in [9.17, 15) is 18.0 Å². The molecule has 0 saturated heterocycles. The molecule has 0 fully saturated rings. The van der Waals surface area contributed by atoms with Crippen molar-refractivity contribution in [3.8, 4) is 0 Å². The maximum Gasteiger partial charge on any atom is 0.392 e. The number of aryl methyl sites for hydroxylation is 2. The number of nitrogens with one attached hydrogen (secondary N) is 1. The minimum atomic E-state index is -4.21. The molecule has 2 rings (SSSR count). The van der Waals surface area contributed by atoms with E-state index in [4.69, 9.17) is 0 Å². The normalized spacial score (nSPS) is 20.2. The van der Waals surface area contributed by atoms with Gasteiger partial charge in [0.2, 0.25) is 0 Å². The number of alkyl halides is 3.